The van der Waals surface area contributed by atoms with Crippen LogP contribution in [0.2, 0.25) is 0 Å². The highest BCUT2D eigenvalue weighted by atomic mass is 19.1. The van der Waals surface area contributed by atoms with E-state index in [1.165, 1.54) is 24.3 Å². The van der Waals surface area contributed by atoms with Crippen LogP contribution in [0.5, 0.6) is 0 Å². The van der Waals surface area contributed by atoms with Crippen molar-refractivity contribution in [3.63, 3.8) is 0 Å². The molecule has 1 heterocycles. The van der Waals surface area contributed by atoms with Gasteiger partial charge in [0, 0.05) is 19.3 Å². The Morgan fingerprint density at radius 3 is 2.78 bits per heavy atom. The highest BCUT2D eigenvalue weighted by Gasteiger charge is 2.12. The lowest BCUT2D eigenvalue weighted by atomic mass is 10.3. The normalized spacial score (nSPS) is 14.3. The Balaban J connectivity index is 1.80. The summed E-state index contributed by atoms with van der Waals surface area (Å²) in [6, 6.07) is 5.65. The molecule has 1 aromatic carbocycles. The summed E-state index contributed by atoms with van der Waals surface area (Å²) in [7, 11) is 1.91. The monoisotopic (exact) mass is 250 g/mol. The van der Waals surface area contributed by atoms with Crippen LogP contribution < -0.4 is 10.6 Å². The van der Waals surface area contributed by atoms with Crippen molar-refractivity contribution in [2.75, 3.05) is 32.0 Å². The number of aliphatic imine (C=N–C) groups is 1. The summed E-state index contributed by atoms with van der Waals surface area (Å²) in [5.41, 5.74) is 0.574. The number of carbonyl (C=O) groups excluding carboxylic acids is 1. The van der Waals surface area contributed by atoms with E-state index in [9.17, 15) is 9.18 Å². The molecule has 0 fully saturated rings. The van der Waals surface area contributed by atoms with E-state index in [4.69, 9.17) is 0 Å². The van der Waals surface area contributed by atoms with Crippen molar-refractivity contribution in [3.8, 4) is 0 Å². The van der Waals surface area contributed by atoms with Crippen LogP contribution in [0.15, 0.2) is 29.3 Å². The first kappa shape index (κ1) is 12.3. The first-order chi connectivity index (χ1) is 8.65. The third kappa shape index (κ3) is 3.19. The molecule has 0 bridgehead atoms. The smallest absolute Gasteiger partial charge is 0.243 e. The van der Waals surface area contributed by atoms with Crippen LogP contribution in [0.4, 0.5) is 10.1 Å². The van der Waals surface area contributed by atoms with Crippen LogP contribution in [0, 0.1) is 5.82 Å². The molecule has 0 saturated heterocycles. The number of halogens is 1. The number of anilines is 1. The summed E-state index contributed by atoms with van der Waals surface area (Å²) >= 11 is 0. The maximum absolute atomic E-state index is 12.7. The second-order valence-electron chi connectivity index (χ2n) is 4.04. The van der Waals surface area contributed by atoms with Crippen molar-refractivity contribution in [1.29, 1.82) is 0 Å². The van der Waals surface area contributed by atoms with Crippen molar-refractivity contribution < 1.29 is 9.18 Å². The Labute approximate surface area is 105 Å². The predicted octanol–water partition coefficient (Wildman–Crippen LogP) is 0.655. The number of rotatable bonds is 3. The van der Waals surface area contributed by atoms with E-state index in [0.717, 1.165) is 19.0 Å². The molecule has 2 rings (SSSR count). The third-order valence-corrected chi connectivity index (χ3v) is 2.59. The summed E-state index contributed by atoms with van der Waals surface area (Å²) in [6.07, 6.45) is 0. The van der Waals surface area contributed by atoms with Gasteiger partial charge in [0.25, 0.3) is 0 Å². The Morgan fingerprint density at radius 2 is 2.17 bits per heavy atom. The van der Waals surface area contributed by atoms with Gasteiger partial charge in [0.15, 0.2) is 5.96 Å². The maximum atomic E-state index is 12.7. The van der Waals surface area contributed by atoms with Crippen LogP contribution in [0.1, 0.15) is 0 Å². The van der Waals surface area contributed by atoms with E-state index in [1.807, 2.05) is 11.9 Å². The summed E-state index contributed by atoms with van der Waals surface area (Å²) in [4.78, 5) is 17.8. The molecule has 2 N–H and O–H groups in total. The molecule has 1 aliphatic heterocycles. The van der Waals surface area contributed by atoms with E-state index < -0.39 is 0 Å². The number of nitrogens with one attached hydrogen (secondary N) is 2. The molecule has 0 radical (unpaired) electrons. The van der Waals surface area contributed by atoms with Gasteiger partial charge in [0.1, 0.15) is 5.82 Å². The minimum absolute atomic E-state index is 0.139. The van der Waals surface area contributed by atoms with Crippen LogP contribution in [-0.2, 0) is 4.79 Å². The molecule has 0 atom stereocenters. The van der Waals surface area contributed by atoms with Crippen molar-refractivity contribution in [2.45, 2.75) is 0 Å². The molecule has 0 aliphatic carbocycles. The Kier molecular flexibility index (Phi) is 3.76. The minimum Gasteiger partial charge on any atom is -0.347 e. The lowest BCUT2D eigenvalue weighted by Gasteiger charge is -2.14. The lowest BCUT2D eigenvalue weighted by Crippen LogP contribution is -2.39. The Morgan fingerprint density at radius 1 is 1.44 bits per heavy atom. The Bertz CT molecular complexity index is 458. The van der Waals surface area contributed by atoms with Crippen molar-refractivity contribution >= 4 is 17.6 Å². The molecule has 0 saturated carbocycles. The van der Waals surface area contributed by atoms with Crippen molar-refractivity contribution in [1.82, 2.24) is 10.2 Å². The molecule has 6 heteroatoms. The Hall–Kier alpha value is -2.11. The second-order valence-corrected chi connectivity index (χ2v) is 4.04. The van der Waals surface area contributed by atoms with Crippen LogP contribution >= 0.6 is 0 Å². The largest absolute Gasteiger partial charge is 0.347 e. The summed E-state index contributed by atoms with van der Waals surface area (Å²) in [5.74, 6) is 0.210. The average Bonchev–Trinajstić information content (AvgIpc) is 2.75. The van der Waals surface area contributed by atoms with Crippen molar-refractivity contribution in [2.24, 2.45) is 4.99 Å². The van der Waals surface area contributed by atoms with Crippen LogP contribution in [0.25, 0.3) is 0 Å². The predicted molar refractivity (Wildman–Crippen MR) is 68.0 cm³/mol. The third-order valence-electron chi connectivity index (χ3n) is 2.59. The number of hydrogen-bond acceptors (Lipinski definition) is 4. The van der Waals surface area contributed by atoms with Gasteiger partial charge in [-0.05, 0) is 24.3 Å². The number of carbonyl (C=O) groups is 1. The zero-order valence-corrected chi connectivity index (χ0v) is 10.1. The molecule has 96 valence electrons. The highest BCUT2D eigenvalue weighted by molar-refractivity contribution is 5.95. The average molecular weight is 250 g/mol. The summed E-state index contributed by atoms with van der Waals surface area (Å²) in [6.45, 7) is 1.75. The topological polar surface area (TPSA) is 56.7 Å². The molecule has 18 heavy (non-hydrogen) atoms. The van der Waals surface area contributed by atoms with Gasteiger partial charge in [0.05, 0.1) is 13.1 Å². The summed E-state index contributed by atoms with van der Waals surface area (Å²) in [5, 5.41) is 5.62. The molecule has 0 unspecified atom stereocenters. The van der Waals surface area contributed by atoms with Gasteiger partial charge in [-0.1, -0.05) is 0 Å². The molecule has 0 spiro atoms. The molecule has 1 amide bonds. The van der Waals surface area contributed by atoms with Gasteiger partial charge in [0.2, 0.25) is 5.91 Å². The van der Waals surface area contributed by atoms with E-state index in [-0.39, 0.29) is 18.3 Å². The first-order valence-electron chi connectivity index (χ1n) is 5.70. The molecular formula is C12H15FN4O. The van der Waals surface area contributed by atoms with E-state index >= 15 is 0 Å². The standard InChI is InChI=1S/C12H15FN4O/c1-17-7-6-14-12(17)15-8-11(18)16-10-4-2-9(13)3-5-10/h2-5H,6-8H2,1H3,(H,14,15)(H,16,18). The molecular weight excluding hydrogens is 235 g/mol. The van der Waals surface area contributed by atoms with Crippen LogP contribution in [0.3, 0.4) is 0 Å². The zero-order valence-electron chi connectivity index (χ0n) is 10.1. The minimum atomic E-state index is -0.326. The number of guanidine groups is 1. The maximum Gasteiger partial charge on any atom is 0.243 e. The molecule has 0 aromatic heterocycles. The number of likely N-dealkylation sites (N-methyl/N-ethyl adjacent to an activating group) is 1. The number of benzene rings is 1. The fraction of sp³-hybridized carbons (Fsp3) is 0.333. The number of amides is 1. The van der Waals surface area contributed by atoms with E-state index in [1.54, 1.807) is 0 Å². The van der Waals surface area contributed by atoms with Gasteiger partial charge in [-0.25, -0.2) is 4.39 Å². The second kappa shape index (κ2) is 5.48. The lowest BCUT2D eigenvalue weighted by molar-refractivity contribution is -0.115. The summed E-state index contributed by atoms with van der Waals surface area (Å²) < 4.78 is 12.7. The highest BCUT2D eigenvalue weighted by Crippen LogP contribution is 2.07. The number of nitrogens with zero attached hydrogens (tertiary/aromatic N) is 2. The quantitative estimate of drug-likeness (QED) is 0.828. The first-order valence-corrected chi connectivity index (χ1v) is 5.70. The number of hydrogen-bond donors (Lipinski definition) is 2. The van der Waals surface area contributed by atoms with Crippen LogP contribution in [-0.4, -0.2) is 43.4 Å². The fourth-order valence-corrected chi connectivity index (χ4v) is 1.62. The van der Waals surface area contributed by atoms with E-state index in [2.05, 4.69) is 15.6 Å². The zero-order chi connectivity index (χ0) is 13.0. The van der Waals surface area contributed by atoms with Gasteiger partial charge in [-0.15, -0.1) is 0 Å². The van der Waals surface area contributed by atoms with Gasteiger partial charge in [-0.2, -0.15) is 0 Å². The van der Waals surface area contributed by atoms with Gasteiger partial charge < -0.3 is 15.5 Å². The van der Waals surface area contributed by atoms with E-state index in [0.29, 0.717) is 5.69 Å². The SMILES string of the molecule is CN1CCN=C1NCC(=O)Nc1ccc(F)cc1. The molecule has 5 nitrogen and oxygen atoms in total. The van der Waals surface area contributed by atoms with Gasteiger partial charge >= 0.3 is 0 Å². The molecule has 1 aliphatic rings. The molecule has 1 aromatic rings. The van der Waals surface area contributed by atoms with Crippen molar-refractivity contribution in [3.05, 3.63) is 30.1 Å². The fourth-order valence-electron chi connectivity index (χ4n) is 1.62. The van der Waals surface area contributed by atoms with Gasteiger partial charge in [-0.3, -0.25) is 9.79 Å².